The number of rotatable bonds is 4. The van der Waals surface area contributed by atoms with Gasteiger partial charge in [-0.3, -0.25) is 4.98 Å². The number of hydrogen-bond acceptors (Lipinski definition) is 4. The average molecular weight is 332 g/mol. The van der Waals surface area contributed by atoms with Crippen LogP contribution in [0.4, 0.5) is 11.4 Å². The minimum atomic E-state index is 0.653. The first kappa shape index (κ1) is 12.9. The number of halogens is 1. The maximum absolute atomic E-state index is 6.04. The third-order valence-electron chi connectivity index (χ3n) is 3.11. The summed E-state index contributed by atoms with van der Waals surface area (Å²) in [4.78, 5) is 11.4. The minimum Gasteiger partial charge on any atom is -0.396 e. The molecule has 0 saturated carbocycles. The molecule has 4 N–H and O–H groups in total. The summed E-state index contributed by atoms with van der Waals surface area (Å²) in [6.07, 6.45) is 6.06. The van der Waals surface area contributed by atoms with E-state index in [2.05, 4.69) is 36.2 Å². The molecule has 0 aliphatic heterocycles. The van der Waals surface area contributed by atoms with E-state index in [-0.39, 0.29) is 0 Å². The Morgan fingerprint density at radius 2 is 2.20 bits per heavy atom. The van der Waals surface area contributed by atoms with Crippen LogP contribution in [0.15, 0.2) is 41.4 Å². The summed E-state index contributed by atoms with van der Waals surface area (Å²) in [5, 5.41) is 4.41. The van der Waals surface area contributed by atoms with Crippen molar-refractivity contribution in [3.8, 4) is 0 Å². The maximum Gasteiger partial charge on any atom is 0.0921 e. The quantitative estimate of drug-likeness (QED) is 0.686. The van der Waals surface area contributed by atoms with Crippen molar-refractivity contribution in [3.63, 3.8) is 0 Å². The van der Waals surface area contributed by atoms with E-state index in [1.807, 2.05) is 24.4 Å². The van der Waals surface area contributed by atoms with Crippen molar-refractivity contribution in [3.05, 3.63) is 47.1 Å². The number of nitrogen functional groups attached to an aromatic ring is 1. The van der Waals surface area contributed by atoms with E-state index in [0.717, 1.165) is 39.7 Å². The van der Waals surface area contributed by atoms with Crippen LogP contribution in [0.1, 0.15) is 5.69 Å². The third-order valence-corrected chi connectivity index (χ3v) is 3.60. The van der Waals surface area contributed by atoms with E-state index in [9.17, 15) is 0 Å². The van der Waals surface area contributed by atoms with Gasteiger partial charge in [-0.2, -0.15) is 0 Å². The fourth-order valence-corrected chi connectivity index (χ4v) is 2.48. The molecule has 2 aromatic heterocycles. The first-order valence-electron chi connectivity index (χ1n) is 6.29. The van der Waals surface area contributed by atoms with E-state index < -0.39 is 0 Å². The first-order valence-corrected chi connectivity index (χ1v) is 7.08. The zero-order valence-corrected chi connectivity index (χ0v) is 12.3. The molecule has 102 valence electrons. The van der Waals surface area contributed by atoms with Crippen molar-refractivity contribution in [2.24, 2.45) is 0 Å². The average Bonchev–Trinajstić information content (AvgIpc) is 2.94. The number of nitrogens with one attached hydrogen (secondary N) is 2. The molecule has 3 rings (SSSR count). The number of H-pyrrole nitrogens is 1. The molecule has 0 atom stereocenters. The molecule has 0 aliphatic carbocycles. The lowest BCUT2D eigenvalue weighted by atomic mass is 10.1. The number of imidazole rings is 1. The largest absolute Gasteiger partial charge is 0.396 e. The predicted octanol–water partition coefficient (Wildman–Crippen LogP) is 2.96. The SMILES string of the molecule is Nc1cnc2ccc(Br)cc2c1NCCc1cnc[nH]1. The van der Waals surface area contributed by atoms with E-state index in [4.69, 9.17) is 5.73 Å². The molecule has 0 fully saturated rings. The second kappa shape index (κ2) is 5.50. The van der Waals surface area contributed by atoms with Crippen molar-refractivity contribution < 1.29 is 0 Å². The first-order chi connectivity index (χ1) is 9.74. The van der Waals surface area contributed by atoms with Crippen molar-refractivity contribution in [1.29, 1.82) is 0 Å². The Hall–Kier alpha value is -2.08. The molecule has 20 heavy (non-hydrogen) atoms. The summed E-state index contributed by atoms with van der Waals surface area (Å²) in [6.45, 7) is 0.776. The molecule has 1 aromatic carbocycles. The predicted molar refractivity (Wildman–Crippen MR) is 84.6 cm³/mol. The molecule has 0 unspecified atom stereocenters. The lowest BCUT2D eigenvalue weighted by Crippen LogP contribution is -2.08. The van der Waals surface area contributed by atoms with Crippen LogP contribution in [0.3, 0.4) is 0 Å². The van der Waals surface area contributed by atoms with Gasteiger partial charge >= 0.3 is 0 Å². The van der Waals surface area contributed by atoms with E-state index in [1.54, 1.807) is 12.5 Å². The molecule has 0 radical (unpaired) electrons. The van der Waals surface area contributed by atoms with Crippen molar-refractivity contribution >= 4 is 38.2 Å². The van der Waals surface area contributed by atoms with Crippen LogP contribution >= 0.6 is 15.9 Å². The van der Waals surface area contributed by atoms with Gasteiger partial charge in [-0.05, 0) is 18.2 Å². The van der Waals surface area contributed by atoms with Crippen LogP contribution in [-0.2, 0) is 6.42 Å². The Morgan fingerprint density at radius 1 is 1.30 bits per heavy atom. The zero-order chi connectivity index (χ0) is 13.9. The number of anilines is 2. The van der Waals surface area contributed by atoms with Crippen LogP contribution in [-0.4, -0.2) is 21.5 Å². The summed E-state index contributed by atoms with van der Waals surface area (Å²) < 4.78 is 1.01. The summed E-state index contributed by atoms with van der Waals surface area (Å²) in [5.74, 6) is 0. The topological polar surface area (TPSA) is 79.6 Å². The highest BCUT2D eigenvalue weighted by Gasteiger charge is 2.07. The van der Waals surface area contributed by atoms with E-state index >= 15 is 0 Å². The number of nitrogens with zero attached hydrogens (tertiary/aromatic N) is 2. The second-order valence-corrected chi connectivity index (χ2v) is 5.42. The van der Waals surface area contributed by atoms with Crippen molar-refractivity contribution in [2.45, 2.75) is 6.42 Å². The number of aromatic amines is 1. The zero-order valence-electron chi connectivity index (χ0n) is 10.7. The van der Waals surface area contributed by atoms with Crippen LogP contribution < -0.4 is 11.1 Å². The third kappa shape index (κ3) is 2.60. The normalized spacial score (nSPS) is 10.8. The van der Waals surface area contributed by atoms with E-state index in [0.29, 0.717) is 5.69 Å². The molecule has 6 heteroatoms. The van der Waals surface area contributed by atoms with Gasteiger partial charge in [0.05, 0.1) is 29.4 Å². The fourth-order valence-electron chi connectivity index (χ4n) is 2.12. The summed E-state index contributed by atoms with van der Waals surface area (Å²) in [7, 11) is 0. The van der Waals surface area contributed by atoms with Gasteiger partial charge in [-0.15, -0.1) is 0 Å². The molecule has 3 aromatic rings. The molecule has 0 spiro atoms. The summed E-state index contributed by atoms with van der Waals surface area (Å²) in [6, 6.07) is 5.97. The number of aromatic nitrogens is 3. The number of fused-ring (bicyclic) bond motifs is 1. The Balaban J connectivity index is 1.86. The highest BCUT2D eigenvalue weighted by molar-refractivity contribution is 9.10. The standard InChI is InChI=1S/C14H14BrN5/c15-9-1-2-13-11(5-9)14(12(16)7-19-13)18-4-3-10-6-17-8-20-10/h1-2,5-8H,3-4,16H2,(H,17,20)(H,18,19). The Kier molecular flexibility index (Phi) is 3.56. The van der Waals surface area contributed by atoms with Crippen LogP contribution in [0.25, 0.3) is 10.9 Å². The second-order valence-electron chi connectivity index (χ2n) is 4.50. The van der Waals surface area contributed by atoms with Crippen molar-refractivity contribution in [2.75, 3.05) is 17.6 Å². The highest BCUT2D eigenvalue weighted by Crippen LogP contribution is 2.29. The lowest BCUT2D eigenvalue weighted by Gasteiger charge is -2.12. The van der Waals surface area contributed by atoms with Gasteiger partial charge in [-0.1, -0.05) is 15.9 Å². The Morgan fingerprint density at radius 3 is 3.00 bits per heavy atom. The number of hydrogen-bond donors (Lipinski definition) is 3. The van der Waals surface area contributed by atoms with E-state index in [1.165, 1.54) is 0 Å². The molecular formula is C14H14BrN5. The van der Waals surface area contributed by atoms with Gasteiger partial charge in [0.15, 0.2) is 0 Å². The number of pyridine rings is 1. The Bertz CT molecular complexity index is 719. The number of nitrogens with two attached hydrogens (primary N) is 1. The Labute approximate surface area is 124 Å². The van der Waals surface area contributed by atoms with Crippen LogP contribution in [0.2, 0.25) is 0 Å². The van der Waals surface area contributed by atoms with Gasteiger partial charge in [0.2, 0.25) is 0 Å². The molecule has 0 amide bonds. The summed E-state index contributed by atoms with van der Waals surface area (Å²) >= 11 is 3.48. The maximum atomic E-state index is 6.04. The number of benzene rings is 1. The smallest absolute Gasteiger partial charge is 0.0921 e. The molecule has 0 saturated heterocycles. The molecule has 0 aliphatic rings. The van der Waals surface area contributed by atoms with Crippen LogP contribution in [0.5, 0.6) is 0 Å². The molecule has 5 nitrogen and oxygen atoms in total. The van der Waals surface area contributed by atoms with Gasteiger partial charge in [-0.25, -0.2) is 4.98 Å². The van der Waals surface area contributed by atoms with Gasteiger partial charge in [0.25, 0.3) is 0 Å². The molecule has 2 heterocycles. The van der Waals surface area contributed by atoms with Crippen LogP contribution in [0, 0.1) is 0 Å². The lowest BCUT2D eigenvalue weighted by molar-refractivity contribution is 0.978. The highest BCUT2D eigenvalue weighted by atomic mass is 79.9. The van der Waals surface area contributed by atoms with Gasteiger partial charge in [0, 0.05) is 34.7 Å². The fraction of sp³-hybridized carbons (Fsp3) is 0.143. The summed E-state index contributed by atoms with van der Waals surface area (Å²) in [5.41, 5.74) is 9.63. The van der Waals surface area contributed by atoms with Gasteiger partial charge in [0.1, 0.15) is 0 Å². The molecular weight excluding hydrogens is 318 g/mol. The van der Waals surface area contributed by atoms with Gasteiger partial charge < -0.3 is 16.0 Å². The van der Waals surface area contributed by atoms with Crippen molar-refractivity contribution in [1.82, 2.24) is 15.0 Å². The molecule has 0 bridgehead atoms. The monoisotopic (exact) mass is 331 g/mol. The minimum absolute atomic E-state index is 0.653.